The number of hydrogen-bond acceptors (Lipinski definition) is 5. The Balaban J connectivity index is 1.74. The van der Waals surface area contributed by atoms with Crippen LogP contribution in [-0.4, -0.2) is 58.1 Å². The van der Waals surface area contributed by atoms with Crippen molar-refractivity contribution in [3.63, 3.8) is 0 Å². The van der Waals surface area contributed by atoms with E-state index < -0.39 is 0 Å². The molecule has 0 saturated carbocycles. The molecule has 2 N–H and O–H groups in total. The first-order valence-electron chi connectivity index (χ1n) is 9.99. The van der Waals surface area contributed by atoms with Crippen molar-refractivity contribution in [2.45, 2.75) is 37.6 Å². The molecule has 0 radical (unpaired) electrons. The highest BCUT2D eigenvalue weighted by molar-refractivity contribution is 7.99. The Morgan fingerprint density at radius 2 is 1.93 bits per heavy atom. The van der Waals surface area contributed by atoms with Crippen LogP contribution in [0.3, 0.4) is 0 Å². The van der Waals surface area contributed by atoms with Crippen molar-refractivity contribution in [3.8, 4) is 0 Å². The highest BCUT2D eigenvalue weighted by atomic mass is 32.2. The number of rotatable bonds is 13. The molecule has 0 saturated heterocycles. The zero-order valence-corrected chi connectivity index (χ0v) is 18.9. The summed E-state index contributed by atoms with van der Waals surface area (Å²) in [5, 5.41) is 14.9. The summed E-state index contributed by atoms with van der Waals surface area (Å²) in [4.78, 5) is 5.79. The van der Waals surface area contributed by atoms with Gasteiger partial charge in [-0.1, -0.05) is 6.92 Å². The Labute approximate surface area is 181 Å². The van der Waals surface area contributed by atoms with Crippen molar-refractivity contribution in [3.05, 3.63) is 42.2 Å². The van der Waals surface area contributed by atoms with Gasteiger partial charge in [-0.15, -0.1) is 22.0 Å². The van der Waals surface area contributed by atoms with Crippen LogP contribution in [-0.2, 0) is 13.0 Å². The summed E-state index contributed by atoms with van der Waals surface area (Å²) in [5.41, 5.74) is 0. The smallest absolute Gasteiger partial charge is 0.191 e. The summed E-state index contributed by atoms with van der Waals surface area (Å²) < 4.78 is 15.0. The van der Waals surface area contributed by atoms with Crippen LogP contribution in [0.4, 0.5) is 4.39 Å². The van der Waals surface area contributed by atoms with Gasteiger partial charge in [0.25, 0.3) is 0 Å². The third-order valence-corrected chi connectivity index (χ3v) is 5.92. The molecule has 0 atom stereocenters. The Bertz CT molecular complexity index is 720. The molecule has 2 rings (SSSR count). The van der Waals surface area contributed by atoms with Gasteiger partial charge in [0.05, 0.1) is 0 Å². The first-order valence-corrected chi connectivity index (χ1v) is 12.4. The quantitative estimate of drug-likeness (QED) is 0.216. The van der Waals surface area contributed by atoms with Gasteiger partial charge in [-0.25, -0.2) is 4.39 Å². The van der Waals surface area contributed by atoms with Crippen LogP contribution < -0.4 is 10.6 Å². The summed E-state index contributed by atoms with van der Waals surface area (Å²) in [6, 6.07) is 6.64. The zero-order valence-electron chi connectivity index (χ0n) is 17.2. The lowest BCUT2D eigenvalue weighted by Crippen LogP contribution is -2.39. The van der Waals surface area contributed by atoms with Gasteiger partial charge in [-0.2, -0.15) is 11.8 Å². The number of thioether (sulfide) groups is 2. The van der Waals surface area contributed by atoms with Crippen molar-refractivity contribution in [2.75, 3.05) is 37.4 Å². The normalized spacial score (nSPS) is 11.6. The van der Waals surface area contributed by atoms with Crippen molar-refractivity contribution in [2.24, 2.45) is 4.99 Å². The van der Waals surface area contributed by atoms with Crippen LogP contribution in [0.1, 0.15) is 25.6 Å². The predicted octanol–water partition coefficient (Wildman–Crippen LogP) is 3.45. The van der Waals surface area contributed by atoms with Crippen molar-refractivity contribution < 1.29 is 4.39 Å². The third-order valence-electron chi connectivity index (χ3n) is 4.13. The number of guanidine groups is 1. The van der Waals surface area contributed by atoms with Gasteiger partial charge in [-0.3, -0.25) is 4.99 Å². The summed E-state index contributed by atoms with van der Waals surface area (Å²) in [6.45, 7) is 5.31. The summed E-state index contributed by atoms with van der Waals surface area (Å²) in [6.07, 6.45) is 6.84. The van der Waals surface area contributed by atoms with E-state index in [9.17, 15) is 4.39 Å². The average Bonchev–Trinajstić information content (AvgIpc) is 3.19. The maximum absolute atomic E-state index is 13.0. The summed E-state index contributed by atoms with van der Waals surface area (Å²) in [5.74, 6) is 3.74. The van der Waals surface area contributed by atoms with Gasteiger partial charge < -0.3 is 15.2 Å². The minimum Gasteiger partial charge on any atom is -0.356 e. The molecule has 0 unspecified atom stereocenters. The highest BCUT2D eigenvalue weighted by Gasteiger charge is 2.03. The van der Waals surface area contributed by atoms with Crippen LogP contribution >= 0.6 is 23.5 Å². The average molecular weight is 439 g/mol. The van der Waals surface area contributed by atoms with Crippen molar-refractivity contribution >= 4 is 29.5 Å². The molecule has 1 aromatic heterocycles. The zero-order chi connectivity index (χ0) is 20.7. The molecule has 160 valence electrons. The van der Waals surface area contributed by atoms with E-state index in [1.807, 2.05) is 23.9 Å². The van der Waals surface area contributed by atoms with Gasteiger partial charge in [0.2, 0.25) is 0 Å². The van der Waals surface area contributed by atoms with Crippen molar-refractivity contribution in [1.29, 1.82) is 0 Å². The second-order valence-corrected chi connectivity index (χ2v) is 8.53. The molecular weight excluding hydrogens is 407 g/mol. The molecule has 29 heavy (non-hydrogen) atoms. The number of halogens is 1. The van der Waals surface area contributed by atoms with E-state index in [1.165, 1.54) is 12.1 Å². The van der Waals surface area contributed by atoms with Gasteiger partial charge >= 0.3 is 0 Å². The van der Waals surface area contributed by atoms with E-state index in [0.29, 0.717) is 0 Å². The number of aliphatic imine (C=N–C) groups is 1. The van der Waals surface area contributed by atoms with Gasteiger partial charge in [0.1, 0.15) is 18.0 Å². The molecule has 0 aliphatic rings. The van der Waals surface area contributed by atoms with E-state index in [-0.39, 0.29) is 5.82 Å². The number of aryl methyl sites for hydroxylation is 1. The Morgan fingerprint density at radius 3 is 2.69 bits per heavy atom. The SMILES string of the molecule is CCc1nncn1CCNC(=NCCCSc1ccc(F)cc1)NCCCSC. The minimum absolute atomic E-state index is 0.195. The first-order chi connectivity index (χ1) is 14.2. The predicted molar refractivity (Wildman–Crippen MR) is 122 cm³/mol. The van der Waals surface area contributed by atoms with Gasteiger partial charge in [0.15, 0.2) is 5.96 Å². The second-order valence-electron chi connectivity index (χ2n) is 6.38. The fourth-order valence-corrected chi connectivity index (χ4v) is 3.88. The Kier molecular flexibility index (Phi) is 11.6. The van der Waals surface area contributed by atoms with E-state index in [1.54, 1.807) is 18.1 Å². The van der Waals surface area contributed by atoms with Crippen LogP contribution in [0.5, 0.6) is 0 Å². The molecule has 1 aromatic carbocycles. The molecule has 9 heteroatoms. The second kappa shape index (κ2) is 14.3. The van der Waals surface area contributed by atoms with Crippen molar-refractivity contribution in [1.82, 2.24) is 25.4 Å². The maximum Gasteiger partial charge on any atom is 0.191 e. The number of nitrogens with zero attached hydrogens (tertiary/aromatic N) is 4. The largest absolute Gasteiger partial charge is 0.356 e. The molecule has 0 fully saturated rings. The van der Waals surface area contributed by atoms with Gasteiger partial charge in [-0.05, 0) is 54.9 Å². The third kappa shape index (κ3) is 9.54. The van der Waals surface area contributed by atoms with Crippen LogP contribution in [0.25, 0.3) is 0 Å². The number of benzene rings is 1. The lowest BCUT2D eigenvalue weighted by molar-refractivity contribution is 0.626. The lowest BCUT2D eigenvalue weighted by atomic mass is 10.4. The standard InChI is InChI=1S/C20H31FN6S2/c1-3-19-26-25-16-27(19)13-12-24-20(22-10-4-14-28-2)23-11-5-15-29-18-8-6-17(21)7-9-18/h6-9,16H,3-5,10-15H2,1-2H3,(H2,22,23,24). The molecule has 0 amide bonds. The van der Waals surface area contributed by atoms with Crippen LogP contribution in [0.2, 0.25) is 0 Å². The summed E-state index contributed by atoms with van der Waals surface area (Å²) >= 11 is 3.58. The van der Waals surface area contributed by atoms with Gasteiger partial charge in [0, 0.05) is 37.5 Å². The number of hydrogen-bond donors (Lipinski definition) is 2. The molecule has 1 heterocycles. The van der Waals surface area contributed by atoms with E-state index in [0.717, 1.165) is 73.6 Å². The Hall–Kier alpha value is -1.74. The van der Waals surface area contributed by atoms with Crippen LogP contribution in [0.15, 0.2) is 40.5 Å². The van der Waals surface area contributed by atoms with E-state index >= 15 is 0 Å². The lowest BCUT2D eigenvalue weighted by Gasteiger charge is -2.13. The minimum atomic E-state index is -0.195. The number of aromatic nitrogens is 3. The Morgan fingerprint density at radius 1 is 1.14 bits per heavy atom. The fraction of sp³-hybridized carbons (Fsp3) is 0.550. The topological polar surface area (TPSA) is 67.1 Å². The first kappa shape index (κ1) is 23.5. The molecule has 2 aromatic rings. The molecule has 0 aliphatic heterocycles. The molecule has 6 nitrogen and oxygen atoms in total. The molecule has 0 bridgehead atoms. The highest BCUT2D eigenvalue weighted by Crippen LogP contribution is 2.18. The number of nitrogens with one attached hydrogen (secondary N) is 2. The molecule has 0 aliphatic carbocycles. The monoisotopic (exact) mass is 438 g/mol. The maximum atomic E-state index is 13.0. The molecule has 0 spiro atoms. The van der Waals surface area contributed by atoms with E-state index in [4.69, 9.17) is 4.99 Å². The van der Waals surface area contributed by atoms with Crippen LogP contribution in [0, 0.1) is 5.82 Å². The summed E-state index contributed by atoms with van der Waals surface area (Å²) in [7, 11) is 0. The van der Waals surface area contributed by atoms with E-state index in [2.05, 4.69) is 38.6 Å². The fourth-order valence-electron chi connectivity index (χ4n) is 2.61. The molecular formula is C20H31FN6S2.